The van der Waals surface area contributed by atoms with Crippen molar-refractivity contribution in [3.63, 3.8) is 0 Å². The standard InChI is InChI=1S/C14H16BF3N2O2/c1-12(2)13(3,4)22-15(21-12)10-8-19-20-6-5-9(7-11(10)20)14(16,17)18/h5-8H,1-4H3. The van der Waals surface area contributed by atoms with Gasteiger partial charge in [0.1, 0.15) is 0 Å². The SMILES string of the molecule is CC1(C)OB(c2cnn3ccc(C(F)(F)F)cc23)OC1(C)C. The van der Waals surface area contributed by atoms with E-state index in [1.807, 2.05) is 27.7 Å². The van der Waals surface area contributed by atoms with Crippen molar-refractivity contribution in [2.45, 2.75) is 45.1 Å². The number of nitrogens with zero attached hydrogens (tertiary/aromatic N) is 2. The van der Waals surface area contributed by atoms with Crippen LogP contribution in [0.3, 0.4) is 0 Å². The van der Waals surface area contributed by atoms with E-state index in [9.17, 15) is 13.2 Å². The summed E-state index contributed by atoms with van der Waals surface area (Å²) >= 11 is 0. The number of hydrogen-bond acceptors (Lipinski definition) is 3. The van der Waals surface area contributed by atoms with Crippen LogP contribution in [0.1, 0.15) is 33.3 Å². The zero-order valence-electron chi connectivity index (χ0n) is 12.7. The van der Waals surface area contributed by atoms with Gasteiger partial charge in [0.25, 0.3) is 0 Å². The predicted octanol–water partition coefficient (Wildman–Crippen LogP) is 2.65. The Bertz CT molecular complexity index is 708. The Morgan fingerprint density at radius 2 is 1.73 bits per heavy atom. The van der Waals surface area contributed by atoms with E-state index in [1.165, 1.54) is 16.9 Å². The van der Waals surface area contributed by atoms with E-state index in [1.54, 1.807) is 0 Å². The van der Waals surface area contributed by atoms with Gasteiger partial charge in [-0.25, -0.2) is 4.52 Å². The molecular weight excluding hydrogens is 296 g/mol. The lowest BCUT2D eigenvalue weighted by Crippen LogP contribution is -2.41. The first-order valence-corrected chi connectivity index (χ1v) is 6.91. The molecule has 1 aliphatic rings. The minimum Gasteiger partial charge on any atom is -0.399 e. The zero-order chi connectivity index (χ0) is 16.3. The van der Waals surface area contributed by atoms with Crippen LogP contribution in [0.15, 0.2) is 24.5 Å². The fraction of sp³-hybridized carbons (Fsp3) is 0.500. The Kier molecular flexibility index (Phi) is 3.13. The molecule has 0 atom stereocenters. The summed E-state index contributed by atoms with van der Waals surface area (Å²) in [7, 11) is -0.744. The maximum Gasteiger partial charge on any atom is 0.498 e. The van der Waals surface area contributed by atoms with Crippen molar-refractivity contribution in [2.75, 3.05) is 0 Å². The third kappa shape index (κ3) is 2.30. The molecule has 8 heteroatoms. The summed E-state index contributed by atoms with van der Waals surface area (Å²) in [5, 5.41) is 4.07. The first-order chi connectivity index (χ1) is 10.0. The molecule has 0 saturated carbocycles. The third-order valence-electron chi connectivity index (χ3n) is 4.39. The second kappa shape index (κ2) is 4.49. The van der Waals surface area contributed by atoms with Crippen LogP contribution in [0.5, 0.6) is 0 Å². The van der Waals surface area contributed by atoms with Crippen LogP contribution in [-0.4, -0.2) is 27.9 Å². The van der Waals surface area contributed by atoms with Crippen LogP contribution in [0, 0.1) is 0 Å². The number of rotatable bonds is 1. The molecule has 1 saturated heterocycles. The molecule has 0 aliphatic carbocycles. The molecule has 0 unspecified atom stereocenters. The second-order valence-corrected chi connectivity index (χ2v) is 6.43. The lowest BCUT2D eigenvalue weighted by Gasteiger charge is -2.32. The summed E-state index contributed by atoms with van der Waals surface area (Å²) < 4.78 is 51.8. The molecule has 0 N–H and O–H groups in total. The maximum atomic E-state index is 12.9. The Labute approximate surface area is 126 Å². The minimum absolute atomic E-state index is 0.327. The number of halogens is 3. The highest BCUT2D eigenvalue weighted by atomic mass is 19.4. The molecule has 2 aromatic rings. The largest absolute Gasteiger partial charge is 0.498 e. The number of fused-ring (bicyclic) bond motifs is 1. The lowest BCUT2D eigenvalue weighted by atomic mass is 9.80. The summed E-state index contributed by atoms with van der Waals surface area (Å²) in [4.78, 5) is 0. The molecule has 0 radical (unpaired) electrons. The van der Waals surface area contributed by atoms with Crippen LogP contribution in [0.4, 0.5) is 13.2 Å². The minimum atomic E-state index is -4.40. The van der Waals surface area contributed by atoms with Gasteiger partial charge >= 0.3 is 13.3 Å². The highest BCUT2D eigenvalue weighted by molar-refractivity contribution is 6.64. The van der Waals surface area contributed by atoms with Crippen molar-refractivity contribution >= 4 is 18.1 Å². The van der Waals surface area contributed by atoms with Gasteiger partial charge in [0.15, 0.2) is 0 Å². The molecule has 0 spiro atoms. The van der Waals surface area contributed by atoms with E-state index in [2.05, 4.69) is 5.10 Å². The van der Waals surface area contributed by atoms with Gasteiger partial charge in [-0.05, 0) is 39.8 Å². The highest BCUT2D eigenvalue weighted by Gasteiger charge is 2.52. The van der Waals surface area contributed by atoms with Crippen molar-refractivity contribution in [3.8, 4) is 0 Å². The molecule has 4 nitrogen and oxygen atoms in total. The van der Waals surface area contributed by atoms with Crippen molar-refractivity contribution in [3.05, 3.63) is 30.1 Å². The van der Waals surface area contributed by atoms with Crippen LogP contribution in [-0.2, 0) is 15.5 Å². The number of aromatic nitrogens is 2. The van der Waals surface area contributed by atoms with E-state index >= 15 is 0 Å². The summed E-state index contributed by atoms with van der Waals surface area (Å²) in [6.45, 7) is 7.55. The van der Waals surface area contributed by atoms with Crippen LogP contribution in [0.25, 0.3) is 5.52 Å². The van der Waals surface area contributed by atoms with Crippen LogP contribution >= 0.6 is 0 Å². The van der Waals surface area contributed by atoms with E-state index < -0.39 is 30.1 Å². The van der Waals surface area contributed by atoms with Gasteiger partial charge in [0, 0.05) is 17.9 Å². The quantitative estimate of drug-likeness (QED) is 0.760. The smallest absolute Gasteiger partial charge is 0.399 e. The Morgan fingerprint density at radius 1 is 1.14 bits per heavy atom. The van der Waals surface area contributed by atoms with Crippen LogP contribution in [0.2, 0.25) is 0 Å². The normalized spacial score (nSPS) is 20.8. The Morgan fingerprint density at radius 3 is 2.27 bits per heavy atom. The zero-order valence-corrected chi connectivity index (χ0v) is 12.7. The average molecular weight is 312 g/mol. The topological polar surface area (TPSA) is 35.8 Å². The Balaban J connectivity index is 2.06. The molecule has 1 aliphatic heterocycles. The fourth-order valence-corrected chi connectivity index (χ4v) is 2.33. The molecule has 3 heterocycles. The number of pyridine rings is 1. The molecule has 1 fully saturated rings. The fourth-order valence-electron chi connectivity index (χ4n) is 2.33. The second-order valence-electron chi connectivity index (χ2n) is 6.43. The summed E-state index contributed by atoms with van der Waals surface area (Å²) in [5.41, 5.74) is -1.03. The van der Waals surface area contributed by atoms with E-state index in [4.69, 9.17) is 9.31 Å². The van der Waals surface area contributed by atoms with Crippen molar-refractivity contribution in [1.29, 1.82) is 0 Å². The van der Waals surface area contributed by atoms with Gasteiger partial charge in [-0.1, -0.05) is 0 Å². The number of alkyl halides is 3. The van der Waals surface area contributed by atoms with Crippen LogP contribution < -0.4 is 5.46 Å². The van der Waals surface area contributed by atoms with Gasteiger partial charge < -0.3 is 9.31 Å². The predicted molar refractivity (Wildman–Crippen MR) is 75.9 cm³/mol. The molecule has 3 rings (SSSR count). The highest BCUT2D eigenvalue weighted by Crippen LogP contribution is 2.37. The summed E-state index contributed by atoms with van der Waals surface area (Å²) in [5.74, 6) is 0. The van der Waals surface area contributed by atoms with Gasteiger partial charge in [-0.15, -0.1) is 0 Å². The first kappa shape index (κ1) is 15.4. The molecule has 0 amide bonds. The number of hydrogen-bond donors (Lipinski definition) is 0. The first-order valence-electron chi connectivity index (χ1n) is 6.91. The maximum absolute atomic E-state index is 12.9. The molecule has 118 valence electrons. The molecule has 0 bridgehead atoms. The molecular formula is C14H16BF3N2O2. The van der Waals surface area contributed by atoms with Crippen molar-refractivity contribution < 1.29 is 22.5 Å². The lowest BCUT2D eigenvalue weighted by molar-refractivity contribution is -0.137. The average Bonchev–Trinajstić information content (AvgIpc) is 2.86. The van der Waals surface area contributed by atoms with Gasteiger partial charge in [0.05, 0.1) is 22.3 Å². The van der Waals surface area contributed by atoms with Gasteiger partial charge in [-0.2, -0.15) is 18.3 Å². The van der Waals surface area contributed by atoms with E-state index in [0.29, 0.717) is 11.0 Å². The van der Waals surface area contributed by atoms with Crippen molar-refractivity contribution in [1.82, 2.24) is 9.61 Å². The molecule has 2 aromatic heterocycles. The monoisotopic (exact) mass is 312 g/mol. The van der Waals surface area contributed by atoms with Gasteiger partial charge in [0.2, 0.25) is 0 Å². The summed E-state index contributed by atoms with van der Waals surface area (Å²) in [6, 6.07) is 2.06. The molecule has 0 aromatic carbocycles. The van der Waals surface area contributed by atoms with Crippen molar-refractivity contribution in [2.24, 2.45) is 0 Å². The summed E-state index contributed by atoms with van der Waals surface area (Å²) in [6.07, 6.45) is -1.64. The Hall–Kier alpha value is -1.54. The van der Waals surface area contributed by atoms with E-state index in [0.717, 1.165) is 12.1 Å². The third-order valence-corrected chi connectivity index (χ3v) is 4.39. The van der Waals surface area contributed by atoms with E-state index in [-0.39, 0.29) is 0 Å². The molecule has 22 heavy (non-hydrogen) atoms. The van der Waals surface area contributed by atoms with Gasteiger partial charge in [-0.3, -0.25) is 0 Å².